The van der Waals surface area contributed by atoms with Crippen LogP contribution >= 0.6 is 0 Å². The second-order valence-corrected chi connectivity index (χ2v) is 19.6. The largest absolute Gasteiger partial charge is 2.00 e. The van der Waals surface area contributed by atoms with Gasteiger partial charge in [-0.25, -0.2) is 13.2 Å². The van der Waals surface area contributed by atoms with Crippen LogP contribution in [0, 0.1) is 14.0 Å². The molecule has 0 saturated carbocycles. The summed E-state index contributed by atoms with van der Waals surface area (Å²) < 4.78 is 37.8. The molecule has 6 rings (SSSR count). The van der Waals surface area contributed by atoms with Crippen molar-refractivity contribution in [2.45, 2.75) is 205 Å². The Kier molecular flexibility index (Phi) is 45.0. The van der Waals surface area contributed by atoms with E-state index in [2.05, 4.69) is 120 Å². The van der Waals surface area contributed by atoms with Gasteiger partial charge < -0.3 is 31.4 Å². The van der Waals surface area contributed by atoms with Crippen LogP contribution in [0.1, 0.15) is 157 Å². The Morgan fingerprint density at radius 1 is 0.435 bits per heavy atom. The molecule has 0 bridgehead atoms. The van der Waals surface area contributed by atoms with Crippen LogP contribution in [0.15, 0.2) is 0 Å². The van der Waals surface area contributed by atoms with E-state index in [1.807, 2.05) is 27.9 Å². The van der Waals surface area contributed by atoms with E-state index in [1.54, 1.807) is 23.6 Å². The van der Waals surface area contributed by atoms with Crippen molar-refractivity contribution in [2.24, 2.45) is 0 Å². The van der Waals surface area contributed by atoms with Crippen LogP contribution in [0.5, 0.6) is 0 Å². The topological polar surface area (TPSA) is 25.9 Å². The molecule has 0 amide bonds. The van der Waals surface area contributed by atoms with Crippen LogP contribution in [0.3, 0.4) is 0 Å². The zero-order chi connectivity index (χ0) is 45.9. The summed E-state index contributed by atoms with van der Waals surface area (Å²) in [6, 6.07) is 3.83. The van der Waals surface area contributed by atoms with E-state index in [1.165, 1.54) is 104 Å². The minimum Gasteiger partial charge on any atom is -0.464 e. The first-order chi connectivity index (χ1) is 27.4. The predicted octanol–water partition coefficient (Wildman–Crippen LogP) is 10.7. The fourth-order valence-electron chi connectivity index (χ4n) is 7.26. The van der Waals surface area contributed by atoms with Gasteiger partial charge in [-0.1, -0.05) is 21.3 Å². The van der Waals surface area contributed by atoms with Gasteiger partial charge in [0.05, 0.1) is 6.54 Å². The smallest absolute Gasteiger partial charge is 0.464 e. The van der Waals surface area contributed by atoms with Gasteiger partial charge in [-0.05, 0) is 183 Å². The number of rotatable bonds is 6. The number of nitrogens with zero attached hydrogens (tertiary/aromatic N) is 8. The minimum absolute atomic E-state index is 0. The Morgan fingerprint density at radius 3 is 0.887 bits per heavy atom. The Labute approximate surface area is 403 Å². The van der Waals surface area contributed by atoms with Crippen molar-refractivity contribution in [3.8, 4) is 0 Å². The normalized spacial score (nSPS) is 21.4. The number of hydrogen-bond acceptors (Lipinski definition) is 8. The van der Waals surface area contributed by atoms with Crippen molar-refractivity contribution < 1.29 is 34.2 Å². The number of alkyl halides is 3. The zero-order valence-electron chi connectivity index (χ0n) is 42.8. The Balaban J connectivity index is -0.000000203. The standard InChI is InChI=1S/C8H18N2.C8H17N.C7H13F2N.C7H14FN.C7H15N.C6H13N.C3H8N.C2H5.2CH4.W/c1-8(2)10-6-4-9(3)5-7-10;1-8(2)9-6-4-3-5-7-9;1-6(2)10-4-3-7(8,9)5-10;1-6(2)9-4-7(3,8)5-9;1-7(2)8-5-3-4-6-8;1-6(2)7-4-3-5-7;1-4(2)3;1-2;;;/h8H,4-7H2,1-3H3;8H,3-7H2,1-2H3;6H,3-5H2,1-2H3;6H,4-5H2,1-3H3;7H,3-6H2,1-2H3;6H,3-5H2,1-2H3;1H2,2-3H3;1H2,2H3;2*1H4;/q;;;;;;2*-1;;;+2. The van der Waals surface area contributed by atoms with Gasteiger partial charge in [-0.15, -0.1) is 0 Å². The van der Waals surface area contributed by atoms with Crippen molar-refractivity contribution in [1.29, 1.82) is 0 Å². The number of halogens is 3. The molecule has 0 unspecified atom stereocenters. The van der Waals surface area contributed by atoms with Crippen LogP contribution in [0.25, 0.3) is 0 Å². The molecule has 6 saturated heterocycles. The summed E-state index contributed by atoms with van der Waals surface area (Å²) in [5, 5.41) is 0. The van der Waals surface area contributed by atoms with Crippen LogP contribution < -0.4 is 0 Å². The van der Waals surface area contributed by atoms with Gasteiger partial charge in [0.25, 0.3) is 5.92 Å². The number of piperidine rings is 1. The van der Waals surface area contributed by atoms with Crippen molar-refractivity contribution in [3.05, 3.63) is 14.0 Å². The summed E-state index contributed by atoms with van der Waals surface area (Å²) >= 11 is 0. The number of likely N-dealkylation sites (tertiary alicyclic amines) is 5. The first kappa shape index (κ1) is 71.2. The van der Waals surface area contributed by atoms with Crippen molar-refractivity contribution in [3.63, 3.8) is 0 Å². The average Bonchev–Trinajstić information content (AvgIpc) is 3.79. The molecule has 0 spiro atoms. The molecule has 0 aromatic rings. The van der Waals surface area contributed by atoms with Gasteiger partial charge in [0, 0.05) is 88.5 Å². The monoisotopic (exact) mass is 1060 g/mol. The van der Waals surface area contributed by atoms with Crippen molar-refractivity contribution >= 4 is 0 Å². The van der Waals surface area contributed by atoms with Gasteiger partial charge >= 0.3 is 21.1 Å². The van der Waals surface area contributed by atoms with E-state index in [4.69, 9.17) is 0 Å². The Bertz CT molecular complexity index is 936. The van der Waals surface area contributed by atoms with Crippen LogP contribution in [-0.2, 0) is 21.1 Å². The van der Waals surface area contributed by atoms with Crippen LogP contribution in [0.2, 0.25) is 0 Å². The zero-order valence-corrected chi connectivity index (χ0v) is 45.8. The average molecular weight is 1070 g/mol. The first-order valence-corrected chi connectivity index (χ1v) is 23.8. The summed E-state index contributed by atoms with van der Waals surface area (Å²) in [4.78, 5) is 18.2. The molecule has 0 aromatic heterocycles. The fraction of sp³-hybridized carbons (Fsp3) is 0.960. The number of piperazine rings is 1. The van der Waals surface area contributed by atoms with Gasteiger partial charge in [0.1, 0.15) is 5.67 Å². The predicted molar refractivity (Wildman–Crippen MR) is 268 cm³/mol. The molecular formula is C50H111F3N8W. The molecule has 8 nitrogen and oxygen atoms in total. The van der Waals surface area contributed by atoms with Gasteiger partial charge in [0.15, 0.2) is 0 Å². The molecule has 6 heterocycles. The number of likely N-dealkylation sites (N-methyl/N-ethyl adjacent to an activating group) is 1. The van der Waals surface area contributed by atoms with E-state index < -0.39 is 11.6 Å². The van der Waals surface area contributed by atoms with E-state index in [0.717, 1.165) is 24.2 Å². The molecule has 6 aliphatic rings. The van der Waals surface area contributed by atoms with Gasteiger partial charge in [-0.3, -0.25) is 21.7 Å². The third-order valence-corrected chi connectivity index (χ3v) is 11.6. The molecule has 6 fully saturated rings. The quantitative estimate of drug-likeness (QED) is 0.243. The molecule has 0 atom stereocenters. The van der Waals surface area contributed by atoms with E-state index in [9.17, 15) is 13.2 Å². The fourth-order valence-corrected chi connectivity index (χ4v) is 7.26. The molecular weight excluding hydrogens is 953 g/mol. The third-order valence-electron chi connectivity index (χ3n) is 11.6. The molecule has 12 heteroatoms. The van der Waals surface area contributed by atoms with E-state index in [-0.39, 0.29) is 54.9 Å². The van der Waals surface area contributed by atoms with Crippen LogP contribution in [0.4, 0.5) is 13.2 Å². The maximum absolute atomic E-state index is 12.8. The first-order valence-electron chi connectivity index (χ1n) is 23.8. The van der Waals surface area contributed by atoms with E-state index >= 15 is 0 Å². The molecule has 62 heavy (non-hydrogen) atoms. The molecule has 0 aromatic carbocycles. The molecule has 0 aliphatic carbocycles. The minimum atomic E-state index is -2.43. The summed E-state index contributed by atoms with van der Waals surface area (Å²) in [6.45, 7) is 47.5. The summed E-state index contributed by atoms with van der Waals surface area (Å²) in [5.41, 5.74) is -0.899. The molecule has 378 valence electrons. The third kappa shape index (κ3) is 36.3. The maximum Gasteiger partial charge on any atom is 2.00 e. The Hall–Kier alpha value is 0.158. The summed E-state index contributed by atoms with van der Waals surface area (Å²) in [5.74, 6) is -2.43. The maximum atomic E-state index is 12.8. The summed E-state index contributed by atoms with van der Waals surface area (Å²) in [7, 11) is 9.44. The Morgan fingerprint density at radius 2 is 0.710 bits per heavy atom. The second-order valence-electron chi connectivity index (χ2n) is 19.6. The summed E-state index contributed by atoms with van der Waals surface area (Å²) in [6.07, 6.45) is 8.55. The van der Waals surface area contributed by atoms with Crippen LogP contribution in [-0.4, -0.2) is 200 Å². The molecule has 0 radical (unpaired) electrons. The number of hydrogen-bond donors (Lipinski definition) is 0. The molecule has 6 aliphatic heterocycles. The van der Waals surface area contributed by atoms with Crippen molar-refractivity contribution in [1.82, 2.24) is 39.2 Å². The van der Waals surface area contributed by atoms with Crippen molar-refractivity contribution in [2.75, 3.05) is 113 Å². The second kappa shape index (κ2) is 39.2. The SMILES string of the molecule is C.C.CC(C)N1CC(C)(F)C1.CC(C)N1CCC(F)(F)C1.CC(C)N1CCC1.CC(C)N1CCCC1.CC(C)N1CCCCC1.CC(C)N1CCN(C)CC1.[CH2-]C.[CH2-]N(C)C.[W+2]. The molecule has 0 N–H and O–H groups in total. The van der Waals surface area contributed by atoms with Gasteiger partial charge in [-0.2, -0.15) is 6.92 Å². The van der Waals surface area contributed by atoms with E-state index in [0.29, 0.717) is 25.7 Å². The van der Waals surface area contributed by atoms with Gasteiger partial charge in [0.2, 0.25) is 0 Å².